The van der Waals surface area contributed by atoms with Gasteiger partial charge >= 0.3 is 0 Å². The summed E-state index contributed by atoms with van der Waals surface area (Å²) in [6, 6.07) is 11.6. The third-order valence-electron chi connectivity index (χ3n) is 2.97. The zero-order valence-electron chi connectivity index (χ0n) is 10.5. The number of hydrogen-bond donors (Lipinski definition) is 2. The van der Waals surface area contributed by atoms with Gasteiger partial charge in [-0.05, 0) is 42.3 Å². The molecule has 0 heterocycles. The summed E-state index contributed by atoms with van der Waals surface area (Å²) < 4.78 is 13.1. The molecule has 19 heavy (non-hydrogen) atoms. The minimum absolute atomic E-state index is 0.0308. The minimum atomic E-state index is -0.237. The predicted molar refractivity (Wildman–Crippen MR) is 74.8 cm³/mol. The Bertz CT molecular complexity index is 574. The molecule has 0 saturated carbocycles. The molecule has 100 valence electrons. The van der Waals surface area contributed by atoms with Gasteiger partial charge in [0.2, 0.25) is 0 Å². The van der Waals surface area contributed by atoms with Crippen LogP contribution in [0.2, 0.25) is 5.02 Å². The van der Waals surface area contributed by atoms with Gasteiger partial charge in [-0.1, -0.05) is 29.8 Å². The number of aromatic hydroxyl groups is 1. The molecule has 0 bridgehead atoms. The third kappa shape index (κ3) is 3.69. The maximum absolute atomic E-state index is 13.1. The highest BCUT2D eigenvalue weighted by molar-refractivity contribution is 6.32. The first-order chi connectivity index (χ1) is 9.06. The molecular weight excluding hydrogens is 265 g/mol. The fourth-order valence-corrected chi connectivity index (χ4v) is 2.03. The average molecular weight is 280 g/mol. The van der Waals surface area contributed by atoms with Gasteiger partial charge in [-0.15, -0.1) is 0 Å². The van der Waals surface area contributed by atoms with Crippen LogP contribution < -0.4 is 5.32 Å². The van der Waals surface area contributed by atoms with Gasteiger partial charge in [0.15, 0.2) is 0 Å². The molecule has 0 saturated heterocycles. The van der Waals surface area contributed by atoms with Gasteiger partial charge < -0.3 is 10.4 Å². The molecule has 0 unspecified atom stereocenters. The second kappa shape index (κ2) is 6.04. The van der Waals surface area contributed by atoms with Crippen LogP contribution in [0.1, 0.15) is 24.1 Å². The summed E-state index contributed by atoms with van der Waals surface area (Å²) in [5.74, 6) is -0.164. The van der Waals surface area contributed by atoms with Gasteiger partial charge in [0.05, 0.1) is 5.02 Å². The van der Waals surface area contributed by atoms with Crippen LogP contribution in [0.4, 0.5) is 4.39 Å². The van der Waals surface area contributed by atoms with Gasteiger partial charge in [-0.2, -0.15) is 0 Å². The maximum Gasteiger partial charge on any atom is 0.134 e. The fraction of sp³-hybridized carbons (Fsp3) is 0.200. The number of halogens is 2. The van der Waals surface area contributed by atoms with Crippen LogP contribution in [-0.2, 0) is 6.54 Å². The van der Waals surface area contributed by atoms with E-state index in [1.54, 1.807) is 24.3 Å². The number of phenolic OH excluding ortho intramolecular Hbond substituents is 1. The van der Waals surface area contributed by atoms with Gasteiger partial charge in [0, 0.05) is 12.6 Å². The number of phenols is 1. The van der Waals surface area contributed by atoms with E-state index in [9.17, 15) is 9.50 Å². The molecule has 0 aromatic heterocycles. The molecule has 0 spiro atoms. The van der Waals surface area contributed by atoms with E-state index in [1.165, 1.54) is 12.1 Å². The Kier molecular flexibility index (Phi) is 4.40. The molecule has 2 rings (SSSR count). The molecule has 0 aliphatic heterocycles. The van der Waals surface area contributed by atoms with Gasteiger partial charge in [-0.25, -0.2) is 4.39 Å². The van der Waals surface area contributed by atoms with E-state index in [-0.39, 0.29) is 17.6 Å². The van der Waals surface area contributed by atoms with Crippen molar-refractivity contribution < 1.29 is 9.50 Å². The van der Waals surface area contributed by atoms with Crippen molar-refractivity contribution in [2.75, 3.05) is 0 Å². The van der Waals surface area contributed by atoms with Gasteiger partial charge in [-0.3, -0.25) is 0 Å². The van der Waals surface area contributed by atoms with E-state index in [1.807, 2.05) is 13.0 Å². The smallest absolute Gasteiger partial charge is 0.134 e. The van der Waals surface area contributed by atoms with E-state index >= 15 is 0 Å². The lowest BCUT2D eigenvalue weighted by Gasteiger charge is -2.14. The lowest BCUT2D eigenvalue weighted by atomic mass is 10.1. The number of hydrogen-bond acceptors (Lipinski definition) is 2. The predicted octanol–water partition coefficient (Wildman–Crippen LogP) is 4.04. The molecular formula is C15H15ClFNO. The molecule has 0 aliphatic rings. The monoisotopic (exact) mass is 279 g/mol. The van der Waals surface area contributed by atoms with Crippen LogP contribution in [-0.4, -0.2) is 5.11 Å². The lowest BCUT2D eigenvalue weighted by Crippen LogP contribution is -2.18. The largest absolute Gasteiger partial charge is 0.506 e. The highest BCUT2D eigenvalue weighted by atomic mass is 35.5. The minimum Gasteiger partial charge on any atom is -0.506 e. The molecule has 2 aromatic rings. The van der Waals surface area contributed by atoms with Crippen molar-refractivity contribution in [1.82, 2.24) is 5.32 Å². The molecule has 0 amide bonds. The Morgan fingerprint density at radius 3 is 2.74 bits per heavy atom. The van der Waals surface area contributed by atoms with Crippen LogP contribution in [0.25, 0.3) is 0 Å². The highest BCUT2D eigenvalue weighted by Gasteiger charge is 2.06. The molecule has 0 radical (unpaired) electrons. The first-order valence-electron chi connectivity index (χ1n) is 6.02. The average Bonchev–Trinajstić information content (AvgIpc) is 2.40. The van der Waals surface area contributed by atoms with Crippen LogP contribution in [0, 0.1) is 5.82 Å². The van der Waals surface area contributed by atoms with Crippen molar-refractivity contribution in [1.29, 1.82) is 0 Å². The molecule has 1 atom stereocenters. The van der Waals surface area contributed by atoms with E-state index in [0.717, 1.165) is 11.1 Å². The van der Waals surface area contributed by atoms with Gasteiger partial charge in [0.1, 0.15) is 11.6 Å². The first kappa shape index (κ1) is 13.8. The second-order valence-corrected chi connectivity index (χ2v) is 4.85. The van der Waals surface area contributed by atoms with Crippen LogP contribution in [0.15, 0.2) is 42.5 Å². The Morgan fingerprint density at radius 2 is 2.05 bits per heavy atom. The summed E-state index contributed by atoms with van der Waals surface area (Å²) in [6.07, 6.45) is 0. The summed E-state index contributed by atoms with van der Waals surface area (Å²) in [4.78, 5) is 0. The zero-order valence-corrected chi connectivity index (χ0v) is 11.3. The summed E-state index contributed by atoms with van der Waals surface area (Å²) in [7, 11) is 0. The van der Waals surface area contributed by atoms with E-state index in [2.05, 4.69) is 5.32 Å². The van der Waals surface area contributed by atoms with Crippen molar-refractivity contribution in [3.05, 3.63) is 64.4 Å². The van der Waals surface area contributed by atoms with Crippen molar-refractivity contribution in [3.8, 4) is 5.75 Å². The Balaban J connectivity index is 2.00. The Morgan fingerprint density at radius 1 is 1.26 bits per heavy atom. The molecule has 0 aliphatic carbocycles. The molecule has 2 aromatic carbocycles. The quantitative estimate of drug-likeness (QED) is 0.885. The van der Waals surface area contributed by atoms with Crippen LogP contribution in [0.3, 0.4) is 0 Å². The summed E-state index contributed by atoms with van der Waals surface area (Å²) in [6.45, 7) is 2.56. The van der Waals surface area contributed by atoms with Crippen molar-refractivity contribution in [2.45, 2.75) is 19.5 Å². The lowest BCUT2D eigenvalue weighted by molar-refractivity contribution is 0.475. The maximum atomic E-state index is 13.1. The number of rotatable bonds is 4. The van der Waals surface area contributed by atoms with Crippen molar-refractivity contribution in [2.24, 2.45) is 0 Å². The summed E-state index contributed by atoms with van der Waals surface area (Å²) in [5.41, 5.74) is 1.86. The molecule has 2 N–H and O–H groups in total. The fourth-order valence-electron chi connectivity index (χ4n) is 1.83. The van der Waals surface area contributed by atoms with Gasteiger partial charge in [0.25, 0.3) is 0 Å². The normalized spacial score (nSPS) is 12.4. The van der Waals surface area contributed by atoms with Crippen molar-refractivity contribution >= 4 is 11.6 Å². The zero-order chi connectivity index (χ0) is 13.8. The molecule has 4 heteroatoms. The third-order valence-corrected chi connectivity index (χ3v) is 3.28. The Labute approximate surface area is 116 Å². The van der Waals surface area contributed by atoms with E-state index < -0.39 is 0 Å². The summed E-state index contributed by atoms with van der Waals surface area (Å²) in [5, 5.41) is 12.9. The van der Waals surface area contributed by atoms with E-state index in [0.29, 0.717) is 11.6 Å². The SMILES string of the molecule is C[C@@H](NCc1ccc(O)c(Cl)c1)c1cccc(F)c1. The van der Waals surface area contributed by atoms with Crippen LogP contribution in [0.5, 0.6) is 5.75 Å². The van der Waals surface area contributed by atoms with E-state index in [4.69, 9.17) is 11.6 Å². The first-order valence-corrected chi connectivity index (χ1v) is 6.40. The summed E-state index contributed by atoms with van der Waals surface area (Å²) >= 11 is 5.84. The number of nitrogens with one attached hydrogen (secondary N) is 1. The Hall–Kier alpha value is -1.58. The molecule has 2 nitrogen and oxygen atoms in total. The van der Waals surface area contributed by atoms with Crippen LogP contribution >= 0.6 is 11.6 Å². The second-order valence-electron chi connectivity index (χ2n) is 4.44. The topological polar surface area (TPSA) is 32.3 Å². The van der Waals surface area contributed by atoms with Crippen molar-refractivity contribution in [3.63, 3.8) is 0 Å². The number of benzene rings is 2. The highest BCUT2D eigenvalue weighted by Crippen LogP contribution is 2.24. The standard InChI is InChI=1S/C15H15ClFNO/c1-10(12-3-2-4-13(17)8-12)18-9-11-5-6-15(19)14(16)7-11/h2-8,10,18-19H,9H2,1H3/t10-/m1/s1. The molecule has 0 fully saturated rings.